The highest BCUT2D eigenvalue weighted by atomic mass is 14.8. The Bertz CT molecular complexity index is 688. The minimum absolute atomic E-state index is 0.0581. The van der Waals surface area contributed by atoms with E-state index in [1.165, 1.54) is 0 Å². The number of benzene rings is 1. The van der Waals surface area contributed by atoms with E-state index >= 15 is 0 Å². The lowest BCUT2D eigenvalue weighted by molar-refractivity contribution is 1.41. The fraction of sp³-hybridized carbons (Fsp3) is 0. The van der Waals surface area contributed by atoms with E-state index in [0.717, 1.165) is 22.0 Å². The number of amidine groups is 1. The van der Waals surface area contributed by atoms with Gasteiger partial charge in [-0.05, 0) is 5.39 Å². The highest BCUT2D eigenvalue weighted by Gasteiger charge is 2.14. The van der Waals surface area contributed by atoms with Gasteiger partial charge in [-0.15, -0.1) is 0 Å². The summed E-state index contributed by atoms with van der Waals surface area (Å²) in [5.41, 5.74) is 8.08. The Hall–Kier alpha value is -2.42. The van der Waals surface area contributed by atoms with Crippen LogP contribution in [0.15, 0.2) is 48.7 Å². The number of aromatic nitrogens is 1. The number of nitrogen functional groups attached to an aromatic ring is 1. The van der Waals surface area contributed by atoms with Crippen molar-refractivity contribution in [3.8, 4) is 11.3 Å². The summed E-state index contributed by atoms with van der Waals surface area (Å²) in [5, 5.41) is 9.76. The van der Waals surface area contributed by atoms with Crippen LogP contribution in [0.5, 0.6) is 0 Å². The first-order valence-electron chi connectivity index (χ1n) is 5.38. The molecule has 1 aliphatic heterocycles. The van der Waals surface area contributed by atoms with Crippen LogP contribution in [0.1, 0.15) is 5.56 Å². The zero-order valence-electron chi connectivity index (χ0n) is 9.14. The molecule has 0 amide bonds. The van der Waals surface area contributed by atoms with Crippen molar-refractivity contribution < 1.29 is 0 Å². The first kappa shape index (κ1) is 9.78. The molecule has 1 aromatic rings. The molecular formula is C14H11N3. The van der Waals surface area contributed by atoms with E-state index in [-0.39, 0.29) is 5.84 Å². The average molecular weight is 221 g/mol. The fourth-order valence-electron chi connectivity index (χ4n) is 2.10. The molecule has 1 aliphatic carbocycles. The third-order valence-electron chi connectivity index (χ3n) is 2.91. The second kappa shape index (κ2) is 3.56. The van der Waals surface area contributed by atoms with Crippen LogP contribution in [0.25, 0.3) is 22.0 Å². The standard InChI is InChI=1S/C14H11N3/c15-14(16)12-8-17-13-10-6-2-1-4-9(10)5-3-7-11(12)13/h1-8H,(H3,15,16). The number of hydrogen-bond donors (Lipinski definition) is 2. The summed E-state index contributed by atoms with van der Waals surface area (Å²) >= 11 is 0. The van der Waals surface area contributed by atoms with E-state index in [4.69, 9.17) is 11.1 Å². The number of nitrogens with zero attached hydrogens (tertiary/aromatic N) is 1. The van der Waals surface area contributed by atoms with Crippen molar-refractivity contribution in [2.75, 3.05) is 0 Å². The lowest BCUT2D eigenvalue weighted by Gasteiger charge is -1.99. The van der Waals surface area contributed by atoms with Crippen molar-refractivity contribution in [2.24, 2.45) is 5.73 Å². The normalized spacial score (nSPS) is 10.8. The molecule has 0 radical (unpaired) electrons. The minimum atomic E-state index is 0.0581. The molecule has 0 bridgehead atoms. The first-order chi connectivity index (χ1) is 8.27. The molecule has 3 heteroatoms. The molecular weight excluding hydrogens is 210 g/mol. The average Bonchev–Trinajstić information content (AvgIpc) is 2.66. The lowest BCUT2D eigenvalue weighted by Crippen LogP contribution is -2.10. The molecule has 3 nitrogen and oxygen atoms in total. The first-order valence-corrected chi connectivity index (χ1v) is 5.38. The van der Waals surface area contributed by atoms with Gasteiger partial charge in [0, 0.05) is 22.7 Å². The van der Waals surface area contributed by atoms with E-state index in [9.17, 15) is 0 Å². The molecule has 1 heterocycles. The highest BCUT2D eigenvalue weighted by Crippen LogP contribution is 2.30. The molecule has 0 atom stereocenters. The smallest absolute Gasteiger partial charge is 0.125 e. The summed E-state index contributed by atoms with van der Waals surface area (Å²) in [6, 6.07) is 14.1. The van der Waals surface area contributed by atoms with Crippen molar-refractivity contribution in [1.29, 1.82) is 5.41 Å². The maximum atomic E-state index is 7.54. The van der Waals surface area contributed by atoms with Crippen LogP contribution in [-0.2, 0) is 0 Å². The quantitative estimate of drug-likeness (QED) is 0.490. The topological polar surface area (TPSA) is 62.8 Å². The van der Waals surface area contributed by atoms with E-state index in [0.29, 0.717) is 5.56 Å². The van der Waals surface area contributed by atoms with Crippen LogP contribution < -0.4 is 5.73 Å². The van der Waals surface area contributed by atoms with Gasteiger partial charge in [-0.2, -0.15) is 0 Å². The minimum Gasteiger partial charge on any atom is -0.384 e. The van der Waals surface area contributed by atoms with Gasteiger partial charge in [0.05, 0.1) is 5.69 Å². The van der Waals surface area contributed by atoms with Crippen LogP contribution in [0.2, 0.25) is 0 Å². The third kappa shape index (κ3) is 1.44. The Labute approximate surface area is 98.8 Å². The molecule has 17 heavy (non-hydrogen) atoms. The fourth-order valence-corrected chi connectivity index (χ4v) is 2.10. The monoisotopic (exact) mass is 221 g/mol. The van der Waals surface area contributed by atoms with Crippen LogP contribution in [-0.4, -0.2) is 10.8 Å². The van der Waals surface area contributed by atoms with Gasteiger partial charge in [0.15, 0.2) is 0 Å². The van der Waals surface area contributed by atoms with Crippen molar-refractivity contribution in [3.05, 3.63) is 54.2 Å². The molecule has 0 saturated carbocycles. The van der Waals surface area contributed by atoms with Crippen LogP contribution >= 0.6 is 0 Å². The summed E-state index contributed by atoms with van der Waals surface area (Å²) in [5.74, 6) is 0.0581. The molecule has 0 spiro atoms. The van der Waals surface area contributed by atoms with E-state index in [2.05, 4.69) is 11.1 Å². The molecule has 82 valence electrons. The summed E-state index contributed by atoms with van der Waals surface area (Å²) in [4.78, 5) is 4.39. The van der Waals surface area contributed by atoms with E-state index in [1.807, 2.05) is 36.4 Å². The maximum Gasteiger partial charge on any atom is 0.125 e. The molecule has 0 unspecified atom stereocenters. The zero-order valence-corrected chi connectivity index (χ0v) is 9.14. The van der Waals surface area contributed by atoms with Gasteiger partial charge < -0.3 is 5.73 Å². The summed E-state index contributed by atoms with van der Waals surface area (Å²) in [6.45, 7) is 0. The summed E-state index contributed by atoms with van der Waals surface area (Å²) < 4.78 is 0. The van der Waals surface area contributed by atoms with Gasteiger partial charge in [-0.1, -0.05) is 42.5 Å². The predicted molar refractivity (Wildman–Crippen MR) is 69.4 cm³/mol. The van der Waals surface area contributed by atoms with Gasteiger partial charge in [0.25, 0.3) is 0 Å². The number of hydrogen-bond acceptors (Lipinski definition) is 2. The largest absolute Gasteiger partial charge is 0.384 e. The molecule has 0 aromatic heterocycles. The zero-order chi connectivity index (χ0) is 11.8. The lowest BCUT2D eigenvalue weighted by atomic mass is 10.1. The Kier molecular flexibility index (Phi) is 2.05. The molecule has 2 aliphatic rings. The number of fused-ring (bicyclic) bond motifs is 3. The number of nitrogens with two attached hydrogens (primary N) is 1. The van der Waals surface area contributed by atoms with Gasteiger partial charge >= 0.3 is 0 Å². The van der Waals surface area contributed by atoms with Crippen LogP contribution in [0, 0.1) is 5.41 Å². The van der Waals surface area contributed by atoms with Crippen molar-refractivity contribution in [1.82, 2.24) is 4.98 Å². The Morgan fingerprint density at radius 3 is 2.65 bits per heavy atom. The van der Waals surface area contributed by atoms with Crippen molar-refractivity contribution in [3.63, 3.8) is 0 Å². The highest BCUT2D eigenvalue weighted by molar-refractivity contribution is 6.06. The predicted octanol–water partition coefficient (Wildman–Crippen LogP) is 2.62. The Morgan fingerprint density at radius 2 is 1.82 bits per heavy atom. The van der Waals surface area contributed by atoms with Crippen molar-refractivity contribution >= 4 is 16.6 Å². The number of rotatable bonds is 1. The maximum absolute atomic E-state index is 7.54. The second-order valence-corrected chi connectivity index (χ2v) is 3.96. The SMILES string of the molecule is N=C(N)c1cnc2c3ccccc3cccc1-2. The molecule has 0 saturated heterocycles. The van der Waals surface area contributed by atoms with Gasteiger partial charge in [-0.25, -0.2) is 0 Å². The Balaban J connectivity index is 2.43. The van der Waals surface area contributed by atoms with Crippen molar-refractivity contribution in [2.45, 2.75) is 0 Å². The molecule has 3 N–H and O–H groups in total. The van der Waals surface area contributed by atoms with E-state index in [1.54, 1.807) is 6.20 Å². The number of nitrogens with one attached hydrogen (secondary N) is 1. The van der Waals surface area contributed by atoms with Gasteiger partial charge in [-0.3, -0.25) is 10.4 Å². The van der Waals surface area contributed by atoms with Gasteiger partial charge in [0.1, 0.15) is 5.84 Å². The molecule has 3 rings (SSSR count). The van der Waals surface area contributed by atoms with Crippen LogP contribution in [0.3, 0.4) is 0 Å². The molecule has 0 fully saturated rings. The second-order valence-electron chi connectivity index (χ2n) is 3.96. The molecule has 1 aromatic carbocycles. The summed E-state index contributed by atoms with van der Waals surface area (Å²) in [7, 11) is 0. The third-order valence-corrected chi connectivity index (χ3v) is 2.91. The Morgan fingerprint density at radius 1 is 1.06 bits per heavy atom. The summed E-state index contributed by atoms with van der Waals surface area (Å²) in [6.07, 6.45) is 1.67. The van der Waals surface area contributed by atoms with Crippen LogP contribution in [0.4, 0.5) is 0 Å². The van der Waals surface area contributed by atoms with E-state index < -0.39 is 0 Å². The van der Waals surface area contributed by atoms with Gasteiger partial charge in [0.2, 0.25) is 0 Å².